The number of rotatable bonds is 9. The van der Waals surface area contributed by atoms with E-state index >= 15 is 0 Å². The van der Waals surface area contributed by atoms with E-state index in [4.69, 9.17) is 14.2 Å². The van der Waals surface area contributed by atoms with E-state index < -0.39 is 6.29 Å². The number of benzene rings is 1. The molecule has 1 aromatic carbocycles. The summed E-state index contributed by atoms with van der Waals surface area (Å²) in [4.78, 5) is 11.8. The van der Waals surface area contributed by atoms with Crippen molar-refractivity contribution in [3.05, 3.63) is 28.8 Å². The van der Waals surface area contributed by atoms with Gasteiger partial charge in [-0.25, -0.2) is 4.79 Å². The average molecular weight is 324 g/mol. The van der Waals surface area contributed by atoms with E-state index in [9.17, 15) is 4.79 Å². The summed E-state index contributed by atoms with van der Waals surface area (Å²) in [6, 6.07) is 3.74. The summed E-state index contributed by atoms with van der Waals surface area (Å²) < 4.78 is 16.4. The molecule has 0 spiro atoms. The standard InChI is InChI=1S/C17H28N2O4/c1-6-21-15(22-7-2)10-18-17(20)19-11-23-16-13(4)9-8-12(3)14(16)5/h8-9,15H,6-7,10-11H2,1-5H3,(H2,18,19,20). The van der Waals surface area contributed by atoms with Gasteiger partial charge in [-0.05, 0) is 51.3 Å². The van der Waals surface area contributed by atoms with Gasteiger partial charge in [-0.15, -0.1) is 0 Å². The highest BCUT2D eigenvalue weighted by atomic mass is 16.7. The number of aryl methyl sites for hydroxylation is 2. The molecule has 2 N–H and O–H groups in total. The van der Waals surface area contributed by atoms with Crippen LogP contribution in [0, 0.1) is 20.8 Å². The van der Waals surface area contributed by atoms with E-state index in [1.54, 1.807) is 0 Å². The SMILES string of the molecule is CCOC(CNC(=O)NCOc1c(C)ccc(C)c1C)OCC. The van der Waals surface area contributed by atoms with Crippen LogP contribution in [0.5, 0.6) is 5.75 Å². The largest absolute Gasteiger partial charge is 0.473 e. The molecule has 0 aliphatic heterocycles. The Kier molecular flexibility index (Phi) is 8.43. The fourth-order valence-corrected chi connectivity index (χ4v) is 2.10. The van der Waals surface area contributed by atoms with Crippen LogP contribution in [-0.2, 0) is 9.47 Å². The van der Waals surface area contributed by atoms with Crippen LogP contribution in [0.15, 0.2) is 12.1 Å². The molecule has 0 saturated heterocycles. The molecule has 0 radical (unpaired) electrons. The number of amides is 2. The number of carbonyl (C=O) groups is 1. The number of urea groups is 1. The van der Waals surface area contributed by atoms with Crippen molar-refractivity contribution in [2.75, 3.05) is 26.5 Å². The molecule has 0 aromatic heterocycles. The predicted octanol–water partition coefficient (Wildman–Crippen LogP) is 2.65. The van der Waals surface area contributed by atoms with Crippen LogP contribution in [0.2, 0.25) is 0 Å². The maximum Gasteiger partial charge on any atom is 0.317 e. The molecule has 0 aliphatic carbocycles. The van der Waals surface area contributed by atoms with Crippen LogP contribution in [0.3, 0.4) is 0 Å². The van der Waals surface area contributed by atoms with E-state index in [1.165, 1.54) is 0 Å². The van der Waals surface area contributed by atoms with Gasteiger partial charge in [0.2, 0.25) is 0 Å². The van der Waals surface area contributed by atoms with Gasteiger partial charge in [-0.3, -0.25) is 0 Å². The maximum absolute atomic E-state index is 11.8. The van der Waals surface area contributed by atoms with Crippen LogP contribution in [0.25, 0.3) is 0 Å². The Morgan fingerprint density at radius 3 is 2.26 bits per heavy atom. The van der Waals surface area contributed by atoms with Gasteiger partial charge in [0.15, 0.2) is 13.0 Å². The minimum Gasteiger partial charge on any atom is -0.473 e. The molecule has 0 fully saturated rings. The fourth-order valence-electron chi connectivity index (χ4n) is 2.10. The molecule has 0 atom stereocenters. The van der Waals surface area contributed by atoms with Crippen LogP contribution in [0.1, 0.15) is 30.5 Å². The molecule has 6 heteroatoms. The van der Waals surface area contributed by atoms with Gasteiger partial charge in [-0.1, -0.05) is 12.1 Å². The van der Waals surface area contributed by atoms with Crippen LogP contribution < -0.4 is 15.4 Å². The zero-order valence-electron chi connectivity index (χ0n) is 14.7. The Labute approximate surface area is 138 Å². The monoisotopic (exact) mass is 324 g/mol. The minimum atomic E-state index is -0.432. The molecule has 1 rings (SSSR count). The zero-order valence-corrected chi connectivity index (χ0v) is 14.7. The third-order valence-corrected chi connectivity index (χ3v) is 3.46. The number of carbonyl (C=O) groups excluding carboxylic acids is 1. The highest BCUT2D eigenvalue weighted by Crippen LogP contribution is 2.25. The summed E-state index contributed by atoms with van der Waals surface area (Å²) in [6.45, 7) is 11.2. The van der Waals surface area contributed by atoms with E-state index in [0.29, 0.717) is 13.2 Å². The Morgan fingerprint density at radius 2 is 1.65 bits per heavy atom. The number of ether oxygens (including phenoxy) is 3. The molecule has 0 heterocycles. The normalized spacial score (nSPS) is 10.7. The molecule has 0 aliphatic rings. The first kappa shape index (κ1) is 19.3. The van der Waals surface area contributed by atoms with Gasteiger partial charge in [-0.2, -0.15) is 0 Å². The van der Waals surface area contributed by atoms with E-state index in [0.717, 1.165) is 22.4 Å². The summed E-state index contributed by atoms with van der Waals surface area (Å²) in [7, 11) is 0. The first-order valence-corrected chi connectivity index (χ1v) is 7.94. The lowest BCUT2D eigenvalue weighted by molar-refractivity contribution is -0.131. The van der Waals surface area contributed by atoms with Crippen molar-refractivity contribution in [1.29, 1.82) is 0 Å². The van der Waals surface area contributed by atoms with Gasteiger partial charge in [0.05, 0.1) is 6.54 Å². The van der Waals surface area contributed by atoms with Crippen LogP contribution >= 0.6 is 0 Å². The molecular weight excluding hydrogens is 296 g/mol. The first-order chi connectivity index (χ1) is 11.0. The second-order valence-electron chi connectivity index (χ2n) is 5.17. The molecule has 0 bridgehead atoms. The summed E-state index contributed by atoms with van der Waals surface area (Å²) in [5, 5.41) is 5.36. The molecule has 1 aromatic rings. The van der Waals surface area contributed by atoms with Crippen LogP contribution in [0.4, 0.5) is 4.79 Å². The average Bonchev–Trinajstić information content (AvgIpc) is 2.52. The number of hydrogen-bond acceptors (Lipinski definition) is 4. The number of nitrogens with one attached hydrogen (secondary N) is 2. The van der Waals surface area contributed by atoms with Crippen molar-refractivity contribution in [1.82, 2.24) is 10.6 Å². The van der Waals surface area contributed by atoms with E-state index in [1.807, 2.05) is 40.7 Å². The summed E-state index contributed by atoms with van der Waals surface area (Å²) in [6.07, 6.45) is -0.432. The Balaban J connectivity index is 2.38. The predicted molar refractivity (Wildman–Crippen MR) is 89.7 cm³/mol. The lowest BCUT2D eigenvalue weighted by atomic mass is 10.1. The van der Waals surface area contributed by atoms with Crippen molar-refractivity contribution >= 4 is 6.03 Å². The van der Waals surface area contributed by atoms with Gasteiger partial charge < -0.3 is 24.8 Å². The second-order valence-corrected chi connectivity index (χ2v) is 5.17. The zero-order chi connectivity index (χ0) is 17.2. The molecule has 0 saturated carbocycles. The Hall–Kier alpha value is -1.79. The molecule has 23 heavy (non-hydrogen) atoms. The fraction of sp³-hybridized carbons (Fsp3) is 0.588. The molecular formula is C17H28N2O4. The van der Waals surface area contributed by atoms with Gasteiger partial charge in [0.25, 0.3) is 0 Å². The van der Waals surface area contributed by atoms with Crippen LogP contribution in [-0.4, -0.2) is 38.8 Å². The topological polar surface area (TPSA) is 68.8 Å². The summed E-state index contributed by atoms with van der Waals surface area (Å²) in [5.41, 5.74) is 3.29. The Bertz CT molecular complexity index is 500. The van der Waals surface area contributed by atoms with E-state index in [-0.39, 0.29) is 19.3 Å². The van der Waals surface area contributed by atoms with Crippen molar-refractivity contribution in [3.63, 3.8) is 0 Å². The van der Waals surface area contributed by atoms with Crippen molar-refractivity contribution in [2.24, 2.45) is 0 Å². The molecule has 2 amide bonds. The lowest BCUT2D eigenvalue weighted by Gasteiger charge is -2.18. The molecule has 130 valence electrons. The second kappa shape index (κ2) is 10.1. The number of hydrogen-bond donors (Lipinski definition) is 2. The quantitative estimate of drug-likeness (QED) is 0.685. The van der Waals surface area contributed by atoms with Crippen molar-refractivity contribution < 1.29 is 19.0 Å². The maximum atomic E-state index is 11.8. The highest BCUT2D eigenvalue weighted by molar-refractivity contribution is 5.73. The van der Waals surface area contributed by atoms with Crippen molar-refractivity contribution in [2.45, 2.75) is 40.9 Å². The smallest absolute Gasteiger partial charge is 0.317 e. The van der Waals surface area contributed by atoms with Crippen molar-refractivity contribution in [3.8, 4) is 5.75 Å². The third kappa shape index (κ3) is 6.46. The third-order valence-electron chi connectivity index (χ3n) is 3.46. The molecule has 6 nitrogen and oxygen atoms in total. The first-order valence-electron chi connectivity index (χ1n) is 7.94. The Morgan fingerprint density at radius 1 is 1.04 bits per heavy atom. The van der Waals surface area contributed by atoms with Gasteiger partial charge >= 0.3 is 6.03 Å². The summed E-state index contributed by atoms with van der Waals surface area (Å²) in [5.74, 6) is 0.812. The van der Waals surface area contributed by atoms with Gasteiger partial charge in [0, 0.05) is 13.2 Å². The highest BCUT2D eigenvalue weighted by Gasteiger charge is 2.10. The van der Waals surface area contributed by atoms with E-state index in [2.05, 4.69) is 16.7 Å². The minimum absolute atomic E-state index is 0.102. The summed E-state index contributed by atoms with van der Waals surface area (Å²) >= 11 is 0. The van der Waals surface area contributed by atoms with Gasteiger partial charge in [0.1, 0.15) is 5.75 Å². The lowest BCUT2D eigenvalue weighted by Crippen LogP contribution is -2.42. The molecule has 0 unspecified atom stereocenters.